The second-order valence-electron chi connectivity index (χ2n) is 4.70. The van der Waals surface area contributed by atoms with Crippen LogP contribution in [0.3, 0.4) is 0 Å². The zero-order chi connectivity index (χ0) is 13.2. The maximum Gasteiger partial charge on any atom is 0.0676 e. The zero-order valence-corrected chi connectivity index (χ0v) is 12.0. The van der Waals surface area contributed by atoms with Crippen LogP contribution >= 0.6 is 11.3 Å². The highest BCUT2D eigenvalue weighted by molar-refractivity contribution is 7.17. The molecule has 0 amide bonds. The first-order valence-electron chi connectivity index (χ1n) is 6.40. The average molecular weight is 271 g/mol. The molecule has 3 nitrogen and oxygen atoms in total. The number of fused-ring (bicyclic) bond motifs is 1. The van der Waals surface area contributed by atoms with Crippen LogP contribution in [0.25, 0.3) is 10.1 Å². The van der Waals surface area contributed by atoms with Crippen molar-refractivity contribution in [2.45, 2.75) is 20.0 Å². The molecule has 19 heavy (non-hydrogen) atoms. The van der Waals surface area contributed by atoms with E-state index in [-0.39, 0.29) is 0 Å². The summed E-state index contributed by atoms with van der Waals surface area (Å²) in [5.74, 6) is 0. The molecule has 0 aliphatic rings. The summed E-state index contributed by atoms with van der Waals surface area (Å²) in [4.78, 5) is 0. The van der Waals surface area contributed by atoms with Crippen LogP contribution in [0.5, 0.6) is 0 Å². The van der Waals surface area contributed by atoms with Gasteiger partial charge in [0.15, 0.2) is 0 Å². The summed E-state index contributed by atoms with van der Waals surface area (Å²) in [6, 6.07) is 8.55. The molecule has 2 heterocycles. The van der Waals surface area contributed by atoms with Gasteiger partial charge in [-0.1, -0.05) is 18.2 Å². The van der Waals surface area contributed by atoms with E-state index in [1.807, 2.05) is 13.2 Å². The van der Waals surface area contributed by atoms with Gasteiger partial charge < -0.3 is 5.32 Å². The predicted octanol–water partition coefficient (Wildman–Crippen LogP) is 3.17. The molecule has 0 spiro atoms. The minimum atomic E-state index is 0.847. The van der Waals surface area contributed by atoms with Crippen LogP contribution in [0.15, 0.2) is 35.8 Å². The van der Waals surface area contributed by atoms with Crippen LogP contribution in [0, 0.1) is 6.92 Å². The van der Waals surface area contributed by atoms with Crippen LogP contribution in [0.2, 0.25) is 0 Å². The third-order valence-corrected chi connectivity index (χ3v) is 4.47. The predicted molar refractivity (Wildman–Crippen MR) is 80.7 cm³/mol. The zero-order valence-electron chi connectivity index (χ0n) is 11.2. The molecule has 0 radical (unpaired) electrons. The standard InChI is InChI=1S/C15H17N3S/c1-11-12(7-16-2)8-17-18(11)9-13-10-19-15-6-4-3-5-14(13)15/h3-6,8,10,16H,7,9H2,1-2H3. The van der Waals surface area contributed by atoms with Crippen molar-refractivity contribution < 1.29 is 0 Å². The van der Waals surface area contributed by atoms with Gasteiger partial charge in [0.1, 0.15) is 0 Å². The van der Waals surface area contributed by atoms with Gasteiger partial charge in [-0.05, 0) is 36.4 Å². The molecule has 2 aromatic heterocycles. The van der Waals surface area contributed by atoms with E-state index in [1.54, 1.807) is 11.3 Å². The number of nitrogens with one attached hydrogen (secondary N) is 1. The fourth-order valence-corrected chi connectivity index (χ4v) is 3.28. The van der Waals surface area contributed by atoms with Crippen molar-refractivity contribution in [3.05, 3.63) is 52.7 Å². The number of thiophene rings is 1. The van der Waals surface area contributed by atoms with Gasteiger partial charge in [0.2, 0.25) is 0 Å². The van der Waals surface area contributed by atoms with Gasteiger partial charge in [-0.2, -0.15) is 5.10 Å². The van der Waals surface area contributed by atoms with Crippen LogP contribution in [-0.4, -0.2) is 16.8 Å². The Labute approximate surface area is 116 Å². The highest BCUT2D eigenvalue weighted by atomic mass is 32.1. The van der Waals surface area contributed by atoms with Crippen LogP contribution in [0.4, 0.5) is 0 Å². The SMILES string of the molecule is CNCc1cnn(Cc2csc3ccccc23)c1C. The number of rotatable bonds is 4. The minimum Gasteiger partial charge on any atom is -0.316 e. The molecule has 0 fully saturated rings. The summed E-state index contributed by atoms with van der Waals surface area (Å²) in [5, 5.41) is 11.3. The molecule has 98 valence electrons. The summed E-state index contributed by atoms with van der Waals surface area (Å²) in [5.41, 5.74) is 3.86. The Morgan fingerprint density at radius 2 is 2.11 bits per heavy atom. The fourth-order valence-electron chi connectivity index (χ4n) is 2.33. The quantitative estimate of drug-likeness (QED) is 0.790. The van der Waals surface area contributed by atoms with Crippen LogP contribution in [-0.2, 0) is 13.1 Å². The average Bonchev–Trinajstić information content (AvgIpc) is 2.98. The molecule has 0 saturated heterocycles. The molecule has 0 saturated carbocycles. The van der Waals surface area contributed by atoms with E-state index in [4.69, 9.17) is 0 Å². The highest BCUT2D eigenvalue weighted by Gasteiger charge is 2.09. The molecular weight excluding hydrogens is 254 g/mol. The Balaban J connectivity index is 1.93. The maximum atomic E-state index is 4.50. The van der Waals surface area contributed by atoms with Gasteiger partial charge in [0.25, 0.3) is 0 Å². The third kappa shape index (κ3) is 2.29. The minimum absolute atomic E-state index is 0.847. The van der Waals surface area contributed by atoms with E-state index in [1.165, 1.54) is 26.9 Å². The molecule has 0 unspecified atom stereocenters. The first-order chi connectivity index (χ1) is 9.29. The van der Waals surface area contributed by atoms with E-state index < -0.39 is 0 Å². The monoisotopic (exact) mass is 271 g/mol. The van der Waals surface area contributed by atoms with Gasteiger partial charge in [-0.3, -0.25) is 4.68 Å². The molecule has 3 aromatic rings. The lowest BCUT2D eigenvalue weighted by atomic mass is 10.2. The molecule has 4 heteroatoms. The second kappa shape index (κ2) is 5.15. The highest BCUT2D eigenvalue weighted by Crippen LogP contribution is 2.26. The largest absolute Gasteiger partial charge is 0.316 e. The maximum absolute atomic E-state index is 4.50. The number of hydrogen-bond donors (Lipinski definition) is 1. The van der Waals surface area contributed by atoms with E-state index >= 15 is 0 Å². The fraction of sp³-hybridized carbons (Fsp3) is 0.267. The lowest BCUT2D eigenvalue weighted by molar-refractivity contribution is 0.666. The lowest BCUT2D eigenvalue weighted by Gasteiger charge is -2.05. The lowest BCUT2D eigenvalue weighted by Crippen LogP contribution is -2.08. The third-order valence-electron chi connectivity index (χ3n) is 3.45. The summed E-state index contributed by atoms with van der Waals surface area (Å²) in [7, 11) is 1.96. The number of nitrogens with zero attached hydrogens (tertiary/aromatic N) is 2. The molecule has 0 aliphatic carbocycles. The molecule has 3 rings (SSSR count). The smallest absolute Gasteiger partial charge is 0.0676 e. The number of benzene rings is 1. The molecule has 1 aromatic carbocycles. The Morgan fingerprint density at radius 1 is 1.26 bits per heavy atom. The second-order valence-corrected chi connectivity index (χ2v) is 5.61. The van der Waals surface area contributed by atoms with Crippen LogP contribution < -0.4 is 5.32 Å². The normalized spacial score (nSPS) is 11.3. The van der Waals surface area contributed by atoms with Crippen molar-refractivity contribution in [1.29, 1.82) is 0 Å². The van der Waals surface area contributed by atoms with Crippen molar-refractivity contribution in [2.75, 3.05) is 7.05 Å². The van der Waals surface area contributed by atoms with E-state index in [0.29, 0.717) is 0 Å². The first-order valence-corrected chi connectivity index (χ1v) is 7.28. The molecule has 0 atom stereocenters. The van der Waals surface area contributed by atoms with Crippen molar-refractivity contribution in [3.8, 4) is 0 Å². The Bertz CT molecular complexity index is 696. The van der Waals surface area contributed by atoms with Crippen molar-refractivity contribution in [1.82, 2.24) is 15.1 Å². The molecular formula is C15H17N3S. The van der Waals surface area contributed by atoms with Gasteiger partial charge in [-0.25, -0.2) is 0 Å². The summed E-state index contributed by atoms with van der Waals surface area (Å²) in [6.45, 7) is 3.85. The van der Waals surface area contributed by atoms with Crippen molar-refractivity contribution in [2.24, 2.45) is 0 Å². The van der Waals surface area contributed by atoms with E-state index in [2.05, 4.69) is 51.7 Å². The van der Waals surface area contributed by atoms with E-state index in [9.17, 15) is 0 Å². The van der Waals surface area contributed by atoms with Gasteiger partial charge >= 0.3 is 0 Å². The van der Waals surface area contributed by atoms with Gasteiger partial charge in [-0.15, -0.1) is 11.3 Å². The van der Waals surface area contributed by atoms with Gasteiger partial charge in [0.05, 0.1) is 12.7 Å². The Morgan fingerprint density at radius 3 is 2.95 bits per heavy atom. The van der Waals surface area contributed by atoms with Gasteiger partial charge in [0, 0.05) is 22.5 Å². The first kappa shape index (κ1) is 12.4. The molecule has 0 bridgehead atoms. The molecule has 1 N–H and O–H groups in total. The topological polar surface area (TPSA) is 29.9 Å². The van der Waals surface area contributed by atoms with Crippen molar-refractivity contribution >= 4 is 21.4 Å². The summed E-state index contributed by atoms with van der Waals surface area (Å²) in [6.07, 6.45) is 1.96. The molecule has 0 aliphatic heterocycles. The Hall–Kier alpha value is -1.65. The number of hydrogen-bond acceptors (Lipinski definition) is 3. The number of aromatic nitrogens is 2. The van der Waals surface area contributed by atoms with Crippen molar-refractivity contribution in [3.63, 3.8) is 0 Å². The van der Waals surface area contributed by atoms with E-state index in [0.717, 1.165) is 13.1 Å². The summed E-state index contributed by atoms with van der Waals surface area (Å²) < 4.78 is 3.43. The Kier molecular flexibility index (Phi) is 3.36. The van der Waals surface area contributed by atoms with Crippen LogP contribution in [0.1, 0.15) is 16.8 Å². The summed E-state index contributed by atoms with van der Waals surface area (Å²) >= 11 is 1.80.